The molecule has 1 heterocycles. The molecular formula is C16H23ClN6S. The maximum Gasteiger partial charge on any atom is 0.191 e. The number of hydrogen-bond acceptors (Lipinski definition) is 4. The fourth-order valence-electron chi connectivity index (χ4n) is 1.95. The van der Waals surface area contributed by atoms with Gasteiger partial charge in [-0.1, -0.05) is 11.6 Å². The van der Waals surface area contributed by atoms with Crippen LogP contribution in [0.25, 0.3) is 0 Å². The van der Waals surface area contributed by atoms with Crippen molar-refractivity contribution in [2.75, 3.05) is 18.8 Å². The average Bonchev–Trinajstić information content (AvgIpc) is 2.90. The number of rotatable bonds is 7. The second-order valence-electron chi connectivity index (χ2n) is 5.15. The van der Waals surface area contributed by atoms with Crippen molar-refractivity contribution in [3.63, 3.8) is 0 Å². The third kappa shape index (κ3) is 5.72. The van der Waals surface area contributed by atoms with Crippen LogP contribution in [0.3, 0.4) is 0 Å². The monoisotopic (exact) mass is 366 g/mol. The molecule has 1 aromatic carbocycles. The van der Waals surface area contributed by atoms with Crippen molar-refractivity contribution >= 4 is 29.3 Å². The van der Waals surface area contributed by atoms with E-state index in [1.54, 1.807) is 11.8 Å². The van der Waals surface area contributed by atoms with Gasteiger partial charge in [0, 0.05) is 35.8 Å². The van der Waals surface area contributed by atoms with Crippen LogP contribution in [-0.2, 0) is 13.6 Å². The molecule has 0 aliphatic rings. The fraction of sp³-hybridized carbons (Fsp3) is 0.438. The van der Waals surface area contributed by atoms with Gasteiger partial charge >= 0.3 is 0 Å². The number of thioether (sulfide) groups is 1. The van der Waals surface area contributed by atoms with Crippen LogP contribution >= 0.6 is 23.4 Å². The molecule has 0 unspecified atom stereocenters. The highest BCUT2D eigenvalue weighted by molar-refractivity contribution is 7.99. The molecule has 2 N–H and O–H groups in total. The van der Waals surface area contributed by atoms with Crippen LogP contribution < -0.4 is 10.6 Å². The first kappa shape index (κ1) is 18.6. The zero-order valence-corrected chi connectivity index (χ0v) is 15.8. The standard InChI is InChI=1S/C16H23ClN6S/c1-4-18-16(20-11-15-22-21-12(2)23(15)3)19-9-10-24-14-7-5-13(17)6-8-14/h5-8H,4,9-11H2,1-3H3,(H2,18,19,20). The van der Waals surface area contributed by atoms with E-state index in [1.165, 1.54) is 4.90 Å². The minimum atomic E-state index is 0.497. The average molecular weight is 367 g/mol. The van der Waals surface area contributed by atoms with Crippen LogP contribution in [-0.4, -0.2) is 39.6 Å². The molecule has 0 amide bonds. The van der Waals surface area contributed by atoms with E-state index in [0.717, 1.165) is 41.5 Å². The molecule has 0 saturated heterocycles. The molecule has 0 atom stereocenters. The van der Waals surface area contributed by atoms with Crippen molar-refractivity contribution in [2.45, 2.75) is 25.3 Å². The molecule has 2 aromatic rings. The Balaban J connectivity index is 1.81. The van der Waals surface area contributed by atoms with Crippen LogP contribution in [0, 0.1) is 6.92 Å². The number of benzene rings is 1. The summed E-state index contributed by atoms with van der Waals surface area (Å²) in [6.07, 6.45) is 0. The molecule has 0 fully saturated rings. The largest absolute Gasteiger partial charge is 0.357 e. The van der Waals surface area contributed by atoms with Gasteiger partial charge in [0.15, 0.2) is 11.8 Å². The van der Waals surface area contributed by atoms with Crippen molar-refractivity contribution in [1.29, 1.82) is 0 Å². The Labute approximate surface area is 152 Å². The maximum absolute atomic E-state index is 5.89. The van der Waals surface area contributed by atoms with Gasteiger partial charge in [0.25, 0.3) is 0 Å². The van der Waals surface area contributed by atoms with Gasteiger partial charge < -0.3 is 15.2 Å². The summed E-state index contributed by atoms with van der Waals surface area (Å²) in [5.74, 6) is 3.46. The summed E-state index contributed by atoms with van der Waals surface area (Å²) in [7, 11) is 1.95. The number of aryl methyl sites for hydroxylation is 1. The van der Waals surface area contributed by atoms with Crippen molar-refractivity contribution in [3.05, 3.63) is 40.9 Å². The van der Waals surface area contributed by atoms with Gasteiger partial charge in [-0.05, 0) is 38.1 Å². The molecule has 0 aliphatic carbocycles. The lowest BCUT2D eigenvalue weighted by Gasteiger charge is -2.11. The van der Waals surface area contributed by atoms with E-state index in [9.17, 15) is 0 Å². The van der Waals surface area contributed by atoms with E-state index in [0.29, 0.717) is 6.54 Å². The molecule has 0 saturated carbocycles. The first-order chi connectivity index (χ1) is 11.6. The Kier molecular flexibility index (Phi) is 7.39. The Morgan fingerprint density at radius 2 is 2.00 bits per heavy atom. The highest BCUT2D eigenvalue weighted by Gasteiger charge is 2.04. The normalized spacial score (nSPS) is 11.6. The first-order valence-corrected chi connectivity index (χ1v) is 9.22. The molecule has 0 radical (unpaired) electrons. The molecule has 8 heteroatoms. The lowest BCUT2D eigenvalue weighted by Crippen LogP contribution is -2.38. The van der Waals surface area contributed by atoms with E-state index in [2.05, 4.69) is 25.8 Å². The lowest BCUT2D eigenvalue weighted by molar-refractivity contribution is 0.760. The highest BCUT2D eigenvalue weighted by Crippen LogP contribution is 2.19. The molecule has 1 aromatic heterocycles. The Morgan fingerprint density at radius 1 is 1.25 bits per heavy atom. The zero-order valence-electron chi connectivity index (χ0n) is 14.2. The van der Waals surface area contributed by atoms with Crippen LogP contribution in [0.4, 0.5) is 0 Å². The second kappa shape index (κ2) is 9.54. The molecule has 24 heavy (non-hydrogen) atoms. The van der Waals surface area contributed by atoms with Gasteiger partial charge in [-0.2, -0.15) is 0 Å². The third-order valence-electron chi connectivity index (χ3n) is 3.38. The predicted molar refractivity (Wildman–Crippen MR) is 101 cm³/mol. The van der Waals surface area contributed by atoms with Gasteiger partial charge in [-0.15, -0.1) is 22.0 Å². The number of nitrogens with zero attached hydrogens (tertiary/aromatic N) is 4. The summed E-state index contributed by atoms with van der Waals surface area (Å²) in [5, 5.41) is 15.5. The fourth-order valence-corrected chi connectivity index (χ4v) is 2.84. The number of aromatic nitrogens is 3. The van der Waals surface area contributed by atoms with Crippen LogP contribution in [0.15, 0.2) is 34.2 Å². The Hall–Kier alpha value is -1.73. The third-order valence-corrected chi connectivity index (χ3v) is 4.65. The highest BCUT2D eigenvalue weighted by atomic mass is 35.5. The van der Waals surface area contributed by atoms with Crippen LogP contribution in [0.5, 0.6) is 0 Å². The zero-order chi connectivity index (χ0) is 17.4. The minimum absolute atomic E-state index is 0.497. The van der Waals surface area contributed by atoms with E-state index in [4.69, 9.17) is 11.6 Å². The quantitative estimate of drug-likeness (QED) is 0.341. The van der Waals surface area contributed by atoms with Crippen molar-refractivity contribution in [3.8, 4) is 0 Å². The maximum atomic E-state index is 5.89. The molecule has 0 spiro atoms. The summed E-state index contributed by atoms with van der Waals surface area (Å²) >= 11 is 7.67. The van der Waals surface area contributed by atoms with E-state index in [1.807, 2.05) is 49.7 Å². The molecule has 0 bridgehead atoms. The summed E-state index contributed by atoms with van der Waals surface area (Å²) in [5.41, 5.74) is 0. The first-order valence-electron chi connectivity index (χ1n) is 7.85. The van der Waals surface area contributed by atoms with Gasteiger partial charge in [0.05, 0.1) is 0 Å². The van der Waals surface area contributed by atoms with Crippen LogP contribution in [0.1, 0.15) is 18.6 Å². The Morgan fingerprint density at radius 3 is 2.62 bits per heavy atom. The number of guanidine groups is 1. The summed E-state index contributed by atoms with van der Waals surface area (Å²) in [6.45, 7) is 6.10. The molecule has 6 nitrogen and oxygen atoms in total. The smallest absolute Gasteiger partial charge is 0.191 e. The van der Waals surface area contributed by atoms with Gasteiger partial charge in [0.2, 0.25) is 0 Å². The number of hydrogen-bond donors (Lipinski definition) is 2. The molecular weight excluding hydrogens is 344 g/mol. The Bertz CT molecular complexity index is 668. The van der Waals surface area contributed by atoms with Crippen molar-refractivity contribution in [1.82, 2.24) is 25.4 Å². The summed E-state index contributed by atoms with van der Waals surface area (Å²) < 4.78 is 1.95. The molecule has 2 rings (SSSR count). The number of halogens is 1. The number of aliphatic imine (C=N–C) groups is 1. The van der Waals surface area contributed by atoms with Crippen molar-refractivity contribution in [2.24, 2.45) is 12.0 Å². The lowest BCUT2D eigenvalue weighted by atomic mass is 10.4. The van der Waals surface area contributed by atoms with E-state index < -0.39 is 0 Å². The summed E-state index contributed by atoms with van der Waals surface area (Å²) in [6, 6.07) is 7.88. The second-order valence-corrected chi connectivity index (χ2v) is 6.75. The molecule has 130 valence electrons. The van der Waals surface area contributed by atoms with E-state index >= 15 is 0 Å². The molecule has 0 aliphatic heterocycles. The SMILES string of the molecule is CCNC(=NCc1nnc(C)n1C)NCCSc1ccc(Cl)cc1. The van der Waals surface area contributed by atoms with E-state index in [-0.39, 0.29) is 0 Å². The van der Waals surface area contributed by atoms with Crippen molar-refractivity contribution < 1.29 is 0 Å². The summed E-state index contributed by atoms with van der Waals surface area (Å²) in [4.78, 5) is 5.76. The topological polar surface area (TPSA) is 67.1 Å². The number of nitrogens with one attached hydrogen (secondary N) is 2. The van der Waals surface area contributed by atoms with Crippen LogP contribution in [0.2, 0.25) is 5.02 Å². The predicted octanol–water partition coefficient (Wildman–Crippen LogP) is 2.62. The van der Waals surface area contributed by atoms with Gasteiger partial charge in [-0.25, -0.2) is 4.99 Å². The van der Waals surface area contributed by atoms with Gasteiger partial charge in [0.1, 0.15) is 12.4 Å². The van der Waals surface area contributed by atoms with Gasteiger partial charge in [-0.3, -0.25) is 0 Å². The minimum Gasteiger partial charge on any atom is -0.357 e.